The van der Waals surface area contributed by atoms with Crippen LogP contribution >= 0.6 is 0 Å². The molecule has 3 N–H and O–H groups in total. The fourth-order valence-electron chi connectivity index (χ4n) is 2.87. The molecule has 0 atom stereocenters. The van der Waals surface area contributed by atoms with Gasteiger partial charge in [0.1, 0.15) is 17.0 Å². The van der Waals surface area contributed by atoms with Crippen LogP contribution in [0.4, 0.5) is 16.2 Å². The molecule has 0 aliphatic heterocycles. The molecule has 25 heavy (non-hydrogen) atoms. The smallest absolute Gasteiger partial charge is 0.407 e. The number of rotatable bonds is 4. The Morgan fingerprint density at radius 2 is 1.84 bits per heavy atom. The van der Waals surface area contributed by atoms with E-state index in [-0.39, 0.29) is 23.5 Å². The third-order valence-corrected chi connectivity index (χ3v) is 3.99. The van der Waals surface area contributed by atoms with E-state index in [2.05, 4.69) is 10.6 Å². The van der Waals surface area contributed by atoms with E-state index in [1.165, 1.54) is 12.1 Å². The van der Waals surface area contributed by atoms with E-state index in [1.54, 1.807) is 0 Å². The van der Waals surface area contributed by atoms with Gasteiger partial charge in [-0.25, -0.2) is 4.79 Å². The average Bonchev–Trinajstić information content (AvgIpc) is 2.49. The molecule has 0 spiro atoms. The Morgan fingerprint density at radius 3 is 2.40 bits per heavy atom. The summed E-state index contributed by atoms with van der Waals surface area (Å²) >= 11 is 0. The highest BCUT2D eigenvalue weighted by molar-refractivity contribution is 5.68. The SMILES string of the molecule is CC(C)(C)OC(=O)NC1CCC(Nc2ccc(O)cc2[N+](=O)[O-])CC1. The number of benzene rings is 1. The van der Waals surface area contributed by atoms with E-state index in [4.69, 9.17) is 4.74 Å². The van der Waals surface area contributed by atoms with Gasteiger partial charge in [0.15, 0.2) is 0 Å². The van der Waals surface area contributed by atoms with Crippen molar-refractivity contribution in [1.82, 2.24) is 5.32 Å². The Kier molecular flexibility index (Phi) is 5.71. The fraction of sp³-hybridized carbons (Fsp3) is 0.588. The van der Waals surface area contributed by atoms with Gasteiger partial charge in [0.05, 0.1) is 11.0 Å². The Labute approximate surface area is 146 Å². The number of alkyl carbamates (subject to hydrolysis) is 1. The minimum atomic E-state index is -0.527. The van der Waals surface area contributed by atoms with Gasteiger partial charge in [-0.05, 0) is 58.6 Å². The molecule has 1 fully saturated rings. The number of nitro groups is 1. The minimum absolute atomic E-state index is 0.0442. The van der Waals surface area contributed by atoms with E-state index in [0.717, 1.165) is 31.7 Å². The molecule has 8 nitrogen and oxygen atoms in total. The van der Waals surface area contributed by atoms with Crippen molar-refractivity contribution in [1.29, 1.82) is 0 Å². The van der Waals surface area contributed by atoms with E-state index in [1.807, 2.05) is 20.8 Å². The van der Waals surface area contributed by atoms with Crippen LogP contribution in [0.5, 0.6) is 5.75 Å². The number of amides is 1. The van der Waals surface area contributed by atoms with Gasteiger partial charge in [0, 0.05) is 12.1 Å². The number of hydrogen-bond donors (Lipinski definition) is 3. The van der Waals surface area contributed by atoms with Crippen molar-refractivity contribution in [3.8, 4) is 5.75 Å². The number of phenolic OH excluding ortho intramolecular Hbond substituents is 1. The van der Waals surface area contributed by atoms with Gasteiger partial charge in [0.25, 0.3) is 5.69 Å². The summed E-state index contributed by atoms with van der Waals surface area (Å²) in [6.45, 7) is 5.45. The third-order valence-electron chi connectivity index (χ3n) is 3.99. The lowest BCUT2D eigenvalue weighted by Crippen LogP contribution is -2.42. The highest BCUT2D eigenvalue weighted by atomic mass is 16.6. The Bertz CT molecular complexity index is 634. The lowest BCUT2D eigenvalue weighted by Gasteiger charge is -2.31. The molecule has 1 aliphatic rings. The first-order chi connectivity index (χ1) is 11.6. The van der Waals surface area contributed by atoms with Crippen LogP contribution in [0.25, 0.3) is 0 Å². The van der Waals surface area contributed by atoms with Crippen molar-refractivity contribution < 1.29 is 19.6 Å². The van der Waals surface area contributed by atoms with Crippen molar-refractivity contribution in [2.45, 2.75) is 64.1 Å². The van der Waals surface area contributed by atoms with Gasteiger partial charge >= 0.3 is 6.09 Å². The lowest BCUT2D eigenvalue weighted by molar-refractivity contribution is -0.384. The number of carbonyl (C=O) groups is 1. The van der Waals surface area contributed by atoms with Crippen molar-refractivity contribution >= 4 is 17.5 Å². The van der Waals surface area contributed by atoms with E-state index < -0.39 is 16.6 Å². The number of nitrogens with zero attached hydrogens (tertiary/aromatic N) is 1. The normalized spacial score (nSPS) is 20.6. The van der Waals surface area contributed by atoms with Gasteiger partial charge in [-0.2, -0.15) is 0 Å². The minimum Gasteiger partial charge on any atom is -0.508 e. The summed E-state index contributed by atoms with van der Waals surface area (Å²) in [5.74, 6) is -0.137. The summed E-state index contributed by atoms with van der Waals surface area (Å²) in [5.41, 5.74) is -0.277. The summed E-state index contributed by atoms with van der Waals surface area (Å²) in [6.07, 6.45) is 2.67. The zero-order valence-corrected chi connectivity index (χ0v) is 14.7. The zero-order chi connectivity index (χ0) is 18.6. The molecule has 0 saturated heterocycles. The summed E-state index contributed by atoms with van der Waals surface area (Å²) in [7, 11) is 0. The van der Waals surface area contributed by atoms with Crippen molar-refractivity contribution in [3.05, 3.63) is 28.3 Å². The average molecular weight is 351 g/mol. The number of hydrogen-bond acceptors (Lipinski definition) is 6. The quantitative estimate of drug-likeness (QED) is 0.434. The van der Waals surface area contributed by atoms with Gasteiger partial charge in [0.2, 0.25) is 0 Å². The number of nitrogens with one attached hydrogen (secondary N) is 2. The number of phenols is 1. The second-order valence-electron chi connectivity index (χ2n) is 7.30. The van der Waals surface area contributed by atoms with Crippen LogP contribution in [0.2, 0.25) is 0 Å². The number of aromatic hydroxyl groups is 1. The molecule has 8 heteroatoms. The summed E-state index contributed by atoms with van der Waals surface area (Å²) in [4.78, 5) is 22.4. The maximum atomic E-state index is 11.8. The van der Waals surface area contributed by atoms with Crippen molar-refractivity contribution in [2.75, 3.05) is 5.32 Å². The number of anilines is 1. The van der Waals surface area contributed by atoms with Gasteiger partial charge < -0.3 is 20.5 Å². The molecule has 0 radical (unpaired) electrons. The molecule has 1 aromatic carbocycles. The van der Waals surface area contributed by atoms with Gasteiger partial charge in [-0.15, -0.1) is 0 Å². The van der Waals surface area contributed by atoms with Crippen LogP contribution in [0.15, 0.2) is 18.2 Å². The van der Waals surface area contributed by atoms with Gasteiger partial charge in [-0.1, -0.05) is 0 Å². The van der Waals surface area contributed by atoms with E-state index in [0.29, 0.717) is 5.69 Å². The molecule has 0 bridgehead atoms. The second kappa shape index (κ2) is 7.58. The standard InChI is InChI=1S/C17H25N3O5/c1-17(2,3)25-16(22)19-12-6-4-11(5-7-12)18-14-9-8-13(21)10-15(14)20(23)24/h8-12,18,21H,4-7H2,1-3H3,(H,19,22). The van der Waals surface area contributed by atoms with Crippen LogP contribution in [-0.2, 0) is 4.74 Å². The molecular weight excluding hydrogens is 326 g/mol. The van der Waals surface area contributed by atoms with Crippen LogP contribution in [0.1, 0.15) is 46.5 Å². The maximum absolute atomic E-state index is 11.8. The number of nitro benzene ring substituents is 1. The third kappa shape index (κ3) is 5.81. The predicted molar refractivity (Wildman–Crippen MR) is 93.8 cm³/mol. The Balaban J connectivity index is 1.87. The zero-order valence-electron chi connectivity index (χ0n) is 14.7. The maximum Gasteiger partial charge on any atom is 0.407 e. The molecule has 1 amide bonds. The Morgan fingerprint density at radius 1 is 1.24 bits per heavy atom. The van der Waals surface area contributed by atoms with Crippen molar-refractivity contribution in [2.24, 2.45) is 0 Å². The molecular formula is C17H25N3O5. The van der Waals surface area contributed by atoms with Crippen LogP contribution < -0.4 is 10.6 Å². The van der Waals surface area contributed by atoms with Crippen LogP contribution in [-0.4, -0.2) is 33.8 Å². The Hall–Kier alpha value is -2.51. The highest BCUT2D eigenvalue weighted by Crippen LogP contribution is 2.31. The lowest BCUT2D eigenvalue weighted by atomic mass is 9.91. The van der Waals surface area contributed by atoms with Gasteiger partial charge in [-0.3, -0.25) is 10.1 Å². The second-order valence-corrected chi connectivity index (χ2v) is 7.30. The fourth-order valence-corrected chi connectivity index (χ4v) is 2.87. The largest absolute Gasteiger partial charge is 0.508 e. The molecule has 138 valence electrons. The first-order valence-electron chi connectivity index (χ1n) is 8.37. The summed E-state index contributed by atoms with van der Waals surface area (Å²) in [5, 5.41) is 26.5. The first-order valence-corrected chi connectivity index (χ1v) is 8.37. The molecule has 1 aromatic rings. The monoisotopic (exact) mass is 351 g/mol. The molecule has 2 rings (SSSR count). The van der Waals surface area contributed by atoms with Crippen LogP contribution in [0, 0.1) is 10.1 Å². The number of carbonyl (C=O) groups excluding carboxylic acids is 1. The summed E-state index contributed by atoms with van der Waals surface area (Å²) in [6, 6.07) is 4.20. The van der Waals surface area contributed by atoms with Crippen LogP contribution in [0.3, 0.4) is 0 Å². The predicted octanol–water partition coefficient (Wildman–Crippen LogP) is 3.55. The van der Waals surface area contributed by atoms with E-state index >= 15 is 0 Å². The molecule has 0 unspecified atom stereocenters. The van der Waals surface area contributed by atoms with E-state index in [9.17, 15) is 20.0 Å². The topological polar surface area (TPSA) is 114 Å². The highest BCUT2D eigenvalue weighted by Gasteiger charge is 2.26. The molecule has 1 aliphatic carbocycles. The number of ether oxygens (including phenoxy) is 1. The molecule has 0 heterocycles. The molecule has 1 saturated carbocycles. The van der Waals surface area contributed by atoms with Crippen molar-refractivity contribution in [3.63, 3.8) is 0 Å². The first kappa shape index (κ1) is 18.8. The summed E-state index contributed by atoms with van der Waals surface area (Å²) < 4.78 is 5.25. The molecule has 0 aromatic heterocycles.